The SMILES string of the molecule is Brc1ccc(C2CCNCC2)cc1.CF.N#Cc1ccc(F)cc1.N#Cc1ccc(N2CCC(c3ccc(Br)cc3)CC2)cc1.[HH]. The molecule has 0 bridgehead atoms. The predicted molar refractivity (Wildman–Crippen MR) is 189 cm³/mol. The van der Waals surface area contributed by atoms with Crippen LogP contribution in [0.5, 0.6) is 0 Å². The molecule has 4 nitrogen and oxygen atoms in total. The van der Waals surface area contributed by atoms with Gasteiger partial charge in [0.2, 0.25) is 0 Å². The Kier molecular flexibility index (Phi) is 15.8. The maximum Gasteiger partial charge on any atom is 0.123 e. The molecule has 4 aromatic rings. The van der Waals surface area contributed by atoms with Crippen LogP contribution in [0.2, 0.25) is 0 Å². The predicted octanol–water partition coefficient (Wildman–Crippen LogP) is 10.1. The van der Waals surface area contributed by atoms with Gasteiger partial charge in [-0.1, -0.05) is 56.1 Å². The minimum absolute atomic E-state index is 0. The normalized spacial score (nSPS) is 14.6. The molecule has 2 fully saturated rings. The first kappa shape index (κ1) is 35.9. The second-order valence-corrected chi connectivity index (χ2v) is 12.5. The van der Waals surface area contributed by atoms with Crippen molar-refractivity contribution in [2.75, 3.05) is 38.3 Å². The van der Waals surface area contributed by atoms with E-state index in [0.29, 0.717) is 18.7 Å². The summed E-state index contributed by atoms with van der Waals surface area (Å²) in [6, 6.07) is 34.8. The van der Waals surface area contributed by atoms with E-state index < -0.39 is 0 Å². The van der Waals surface area contributed by atoms with Crippen LogP contribution >= 0.6 is 31.9 Å². The molecule has 2 aliphatic rings. The zero-order valence-corrected chi connectivity index (χ0v) is 28.6. The number of anilines is 1. The van der Waals surface area contributed by atoms with Crippen LogP contribution in [-0.4, -0.2) is 33.4 Å². The molecule has 0 spiro atoms. The van der Waals surface area contributed by atoms with Crippen LogP contribution in [0.15, 0.2) is 106 Å². The second-order valence-electron chi connectivity index (χ2n) is 10.7. The summed E-state index contributed by atoms with van der Waals surface area (Å²) in [5.74, 6) is 1.12. The van der Waals surface area contributed by atoms with E-state index in [-0.39, 0.29) is 7.24 Å². The summed E-state index contributed by atoms with van der Waals surface area (Å²) >= 11 is 6.95. The zero-order chi connectivity index (χ0) is 32.4. The van der Waals surface area contributed by atoms with Crippen LogP contribution < -0.4 is 10.2 Å². The molecule has 0 aliphatic carbocycles. The minimum atomic E-state index is -0.311. The first-order valence-electron chi connectivity index (χ1n) is 15.0. The number of halogens is 4. The van der Waals surface area contributed by atoms with Crippen molar-refractivity contribution in [1.82, 2.24) is 5.32 Å². The number of rotatable bonds is 3. The lowest BCUT2D eigenvalue weighted by Gasteiger charge is -2.34. The average Bonchev–Trinajstić information content (AvgIpc) is 3.11. The summed E-state index contributed by atoms with van der Waals surface area (Å²) in [6.45, 7) is 4.49. The van der Waals surface area contributed by atoms with Crippen molar-refractivity contribution < 1.29 is 10.2 Å². The van der Waals surface area contributed by atoms with Crippen LogP contribution in [0, 0.1) is 28.5 Å². The van der Waals surface area contributed by atoms with Crippen molar-refractivity contribution in [2.24, 2.45) is 0 Å². The number of alkyl halides is 1. The number of nitrogens with zero attached hydrogens (tertiary/aromatic N) is 3. The molecule has 45 heavy (non-hydrogen) atoms. The molecule has 4 aromatic carbocycles. The van der Waals surface area contributed by atoms with Crippen LogP contribution in [0.1, 0.15) is 61.2 Å². The third kappa shape index (κ3) is 12.0. The van der Waals surface area contributed by atoms with E-state index in [1.165, 1.54) is 84.3 Å². The van der Waals surface area contributed by atoms with E-state index in [1.54, 1.807) is 0 Å². The largest absolute Gasteiger partial charge is 0.371 e. The summed E-state index contributed by atoms with van der Waals surface area (Å²) in [4.78, 5) is 2.41. The molecular weight excluding hydrogens is 698 g/mol. The van der Waals surface area contributed by atoms with Gasteiger partial charge < -0.3 is 10.2 Å². The Morgan fingerprint density at radius 2 is 1.04 bits per heavy atom. The smallest absolute Gasteiger partial charge is 0.123 e. The van der Waals surface area contributed by atoms with Crippen LogP contribution in [0.4, 0.5) is 14.5 Å². The molecule has 236 valence electrons. The van der Waals surface area contributed by atoms with Gasteiger partial charge in [0.25, 0.3) is 0 Å². The van der Waals surface area contributed by atoms with Gasteiger partial charge in [-0.25, -0.2) is 4.39 Å². The minimum Gasteiger partial charge on any atom is -0.371 e. The quantitative estimate of drug-likeness (QED) is 0.227. The maximum absolute atomic E-state index is 12.1. The highest BCUT2D eigenvalue weighted by atomic mass is 79.9. The van der Waals surface area contributed by atoms with E-state index in [9.17, 15) is 8.78 Å². The van der Waals surface area contributed by atoms with Crippen molar-refractivity contribution >= 4 is 37.5 Å². The van der Waals surface area contributed by atoms with Crippen LogP contribution in [-0.2, 0) is 0 Å². The number of piperidine rings is 2. The number of hydrogen-bond acceptors (Lipinski definition) is 4. The third-order valence-electron chi connectivity index (χ3n) is 7.85. The summed E-state index contributed by atoms with van der Waals surface area (Å²) in [6.07, 6.45) is 4.92. The topological polar surface area (TPSA) is 62.9 Å². The number of hydrogen-bond donors (Lipinski definition) is 1. The zero-order valence-electron chi connectivity index (χ0n) is 25.4. The molecule has 2 saturated heterocycles. The molecule has 0 saturated carbocycles. The van der Waals surface area contributed by atoms with E-state index >= 15 is 0 Å². The van der Waals surface area contributed by atoms with Crippen molar-refractivity contribution in [3.8, 4) is 12.1 Å². The summed E-state index contributed by atoms with van der Waals surface area (Å²) in [5, 5.41) is 20.5. The maximum atomic E-state index is 12.1. The lowest BCUT2D eigenvalue weighted by molar-refractivity contribution is 0.460. The highest BCUT2D eigenvalue weighted by Crippen LogP contribution is 2.31. The van der Waals surface area contributed by atoms with Crippen molar-refractivity contribution in [2.45, 2.75) is 37.5 Å². The van der Waals surface area contributed by atoms with Crippen molar-refractivity contribution in [3.63, 3.8) is 0 Å². The Bertz CT molecular complexity index is 1490. The Morgan fingerprint density at radius 3 is 1.47 bits per heavy atom. The summed E-state index contributed by atoms with van der Waals surface area (Å²) in [5.41, 5.74) is 5.37. The Morgan fingerprint density at radius 1 is 0.644 bits per heavy atom. The first-order valence-corrected chi connectivity index (χ1v) is 16.5. The van der Waals surface area contributed by atoms with E-state index in [0.717, 1.165) is 29.0 Å². The Labute approximate surface area is 284 Å². The van der Waals surface area contributed by atoms with Crippen molar-refractivity contribution in [1.29, 1.82) is 10.5 Å². The fourth-order valence-corrected chi connectivity index (χ4v) is 5.90. The fourth-order valence-electron chi connectivity index (χ4n) is 5.37. The fraction of sp³-hybridized carbons (Fsp3) is 0.297. The van der Waals surface area contributed by atoms with Gasteiger partial charge >= 0.3 is 0 Å². The van der Waals surface area contributed by atoms with Gasteiger partial charge in [-0.15, -0.1) is 0 Å². The second kappa shape index (κ2) is 19.7. The van der Waals surface area contributed by atoms with Crippen LogP contribution in [0.3, 0.4) is 0 Å². The van der Waals surface area contributed by atoms with Gasteiger partial charge in [0.15, 0.2) is 0 Å². The lowest BCUT2D eigenvalue weighted by atomic mass is 9.89. The monoisotopic (exact) mass is 736 g/mol. The Balaban J connectivity index is 0.000000252. The van der Waals surface area contributed by atoms with Gasteiger partial charge in [-0.2, -0.15) is 10.5 Å². The van der Waals surface area contributed by atoms with E-state index in [1.807, 2.05) is 18.2 Å². The highest BCUT2D eigenvalue weighted by molar-refractivity contribution is 9.10. The van der Waals surface area contributed by atoms with E-state index in [2.05, 4.69) is 109 Å². The molecule has 2 aliphatic heterocycles. The van der Waals surface area contributed by atoms with Gasteiger partial charge in [-0.3, -0.25) is 4.39 Å². The van der Waals surface area contributed by atoms with Gasteiger partial charge in [0, 0.05) is 29.1 Å². The lowest BCUT2D eigenvalue weighted by Crippen LogP contribution is -2.32. The van der Waals surface area contributed by atoms with E-state index in [4.69, 9.17) is 10.5 Å². The number of nitrogens with one attached hydrogen (secondary N) is 1. The molecule has 2 heterocycles. The van der Waals surface area contributed by atoms with Gasteiger partial charge in [0.1, 0.15) is 5.82 Å². The third-order valence-corrected chi connectivity index (χ3v) is 8.91. The first-order chi connectivity index (χ1) is 21.9. The average molecular weight is 739 g/mol. The molecule has 6 rings (SSSR count). The number of benzene rings is 4. The number of nitriles is 2. The highest BCUT2D eigenvalue weighted by Gasteiger charge is 2.20. The van der Waals surface area contributed by atoms with Gasteiger partial charge in [0.05, 0.1) is 30.4 Å². The molecule has 0 radical (unpaired) electrons. The summed E-state index contributed by atoms with van der Waals surface area (Å²) < 4.78 is 23.9. The molecule has 0 atom stereocenters. The molecule has 0 amide bonds. The molecule has 1 N–H and O–H groups in total. The molecule has 0 unspecified atom stereocenters. The summed E-state index contributed by atoms with van der Waals surface area (Å²) in [7, 11) is 0.500. The molecular formula is C37H40Br2F2N4. The Hall–Kier alpha value is -3.56. The molecule has 8 heteroatoms. The standard InChI is InChI=1S/C18H17BrN2.C11H14BrN.C7H4FN.CH3F.H2/c19-17-5-3-15(4-6-17)16-9-11-21(12-10-16)18-7-1-14(13-20)2-8-18;12-11-3-1-9(2-4-11)10-5-7-13-8-6-10;8-7-3-1-6(5-9)2-4-7;1-2;/h1-8,16H,9-12H2;1-4,10,13H,5-8H2;1-4H;1H3;1H. The molecule has 0 aromatic heterocycles. The van der Waals surface area contributed by atoms with Crippen LogP contribution in [0.25, 0.3) is 0 Å². The van der Waals surface area contributed by atoms with Crippen molar-refractivity contribution in [3.05, 3.63) is 134 Å². The van der Waals surface area contributed by atoms with Gasteiger partial charge in [-0.05, 0) is 135 Å².